The first-order valence-corrected chi connectivity index (χ1v) is 11.0. The van der Waals surface area contributed by atoms with Crippen molar-refractivity contribution in [2.75, 3.05) is 6.61 Å². The number of rotatable bonds is 9. The smallest absolute Gasteiger partial charge is 0.492 e. The van der Waals surface area contributed by atoms with Gasteiger partial charge in [0.2, 0.25) is 10.0 Å². The van der Waals surface area contributed by atoms with Crippen LogP contribution < -0.4 is 14.2 Å². The Labute approximate surface area is 183 Å². The third-order valence-electron chi connectivity index (χ3n) is 4.16. The van der Waals surface area contributed by atoms with Crippen LogP contribution in [-0.4, -0.2) is 31.4 Å². The number of hydrogen-bond acceptors (Lipinski definition) is 6. The highest BCUT2D eigenvalue weighted by atomic mass is 32.2. The molecule has 0 atom stereocenters. The van der Waals surface area contributed by atoms with Crippen molar-refractivity contribution in [3.63, 3.8) is 0 Å². The maximum atomic E-state index is 13.0. The second-order valence-corrected chi connectivity index (χ2v) is 8.31. The summed E-state index contributed by atoms with van der Waals surface area (Å²) in [4.78, 5) is 7.87. The molecule has 0 aliphatic heterocycles. The summed E-state index contributed by atoms with van der Waals surface area (Å²) in [7, 11) is -4.01. The molecule has 170 valence electrons. The van der Waals surface area contributed by atoms with E-state index in [9.17, 15) is 21.6 Å². The van der Waals surface area contributed by atoms with Crippen molar-refractivity contribution in [3.05, 3.63) is 66.7 Å². The number of sulfonamides is 1. The quantitative estimate of drug-likeness (QED) is 0.504. The van der Waals surface area contributed by atoms with Gasteiger partial charge in [0.1, 0.15) is 22.2 Å². The van der Waals surface area contributed by atoms with Crippen molar-refractivity contribution in [1.82, 2.24) is 14.7 Å². The highest BCUT2D eigenvalue weighted by Gasteiger charge is 2.31. The number of benzene rings is 2. The van der Waals surface area contributed by atoms with Gasteiger partial charge in [0, 0.05) is 12.4 Å². The van der Waals surface area contributed by atoms with E-state index in [1.807, 2.05) is 6.92 Å². The van der Waals surface area contributed by atoms with Crippen LogP contribution in [0.15, 0.2) is 65.8 Å². The SMILES string of the molecule is CCCOc1ccc(-c2ccc(OC(F)(F)F)cc2)cc1S(=O)(=O)NCc1ncccn1. The topological polar surface area (TPSA) is 90.4 Å². The molecule has 0 saturated carbocycles. The third-order valence-corrected chi connectivity index (χ3v) is 5.58. The maximum absolute atomic E-state index is 13.0. The van der Waals surface area contributed by atoms with Gasteiger partial charge in [0.15, 0.2) is 0 Å². The normalized spacial score (nSPS) is 11.9. The van der Waals surface area contributed by atoms with E-state index >= 15 is 0 Å². The summed E-state index contributed by atoms with van der Waals surface area (Å²) in [5.41, 5.74) is 0.980. The lowest BCUT2D eigenvalue weighted by Gasteiger charge is -2.14. The van der Waals surface area contributed by atoms with E-state index in [1.54, 1.807) is 12.1 Å². The number of nitrogens with one attached hydrogen (secondary N) is 1. The number of alkyl halides is 3. The molecule has 0 bridgehead atoms. The van der Waals surface area contributed by atoms with E-state index in [1.165, 1.54) is 36.7 Å². The first kappa shape index (κ1) is 23.5. The zero-order chi connectivity index (χ0) is 23.2. The molecule has 11 heteroatoms. The Balaban J connectivity index is 1.90. The number of nitrogens with zero attached hydrogens (tertiary/aromatic N) is 2. The Hall–Kier alpha value is -3.18. The zero-order valence-corrected chi connectivity index (χ0v) is 17.8. The molecule has 0 spiro atoms. The van der Waals surface area contributed by atoms with Gasteiger partial charge in [0.25, 0.3) is 0 Å². The predicted molar refractivity (Wildman–Crippen MR) is 110 cm³/mol. The van der Waals surface area contributed by atoms with Crippen molar-refractivity contribution in [2.45, 2.75) is 31.1 Å². The maximum Gasteiger partial charge on any atom is 0.573 e. The van der Waals surface area contributed by atoms with E-state index in [4.69, 9.17) is 4.74 Å². The van der Waals surface area contributed by atoms with Crippen molar-refractivity contribution in [3.8, 4) is 22.6 Å². The summed E-state index contributed by atoms with van der Waals surface area (Å²) >= 11 is 0. The molecule has 7 nitrogen and oxygen atoms in total. The lowest BCUT2D eigenvalue weighted by molar-refractivity contribution is -0.274. The fourth-order valence-electron chi connectivity index (χ4n) is 2.74. The molecule has 0 radical (unpaired) electrons. The van der Waals surface area contributed by atoms with Crippen LogP contribution in [0.2, 0.25) is 0 Å². The van der Waals surface area contributed by atoms with Crippen LogP contribution >= 0.6 is 0 Å². The van der Waals surface area contributed by atoms with Gasteiger partial charge in [-0.15, -0.1) is 13.2 Å². The monoisotopic (exact) mass is 467 g/mol. The van der Waals surface area contributed by atoms with Gasteiger partial charge in [-0.05, 0) is 47.9 Å². The van der Waals surface area contributed by atoms with Gasteiger partial charge in [-0.25, -0.2) is 23.1 Å². The Bertz CT molecular complexity index is 1140. The fourth-order valence-corrected chi connectivity index (χ4v) is 3.89. The van der Waals surface area contributed by atoms with Crippen LogP contribution in [0.1, 0.15) is 19.2 Å². The molecule has 2 aromatic carbocycles. The number of hydrogen-bond donors (Lipinski definition) is 1. The zero-order valence-electron chi connectivity index (χ0n) is 17.0. The summed E-state index contributed by atoms with van der Waals surface area (Å²) in [5.74, 6) is 0.0825. The minimum absolute atomic E-state index is 0.102. The van der Waals surface area contributed by atoms with Gasteiger partial charge in [-0.1, -0.05) is 25.1 Å². The summed E-state index contributed by atoms with van der Waals surface area (Å²) in [6.07, 6.45) is -1.12. The minimum atomic E-state index is -4.80. The molecule has 0 aliphatic rings. The average molecular weight is 467 g/mol. The molecule has 0 fully saturated rings. The van der Waals surface area contributed by atoms with Crippen molar-refractivity contribution in [2.24, 2.45) is 0 Å². The Kier molecular flexibility index (Phi) is 7.31. The lowest BCUT2D eigenvalue weighted by atomic mass is 10.1. The number of ether oxygens (including phenoxy) is 2. The molecule has 0 aliphatic carbocycles. The first-order valence-electron chi connectivity index (χ1n) is 9.56. The fraction of sp³-hybridized carbons (Fsp3) is 0.238. The molecular weight excluding hydrogens is 447 g/mol. The van der Waals surface area contributed by atoms with Crippen molar-refractivity contribution in [1.29, 1.82) is 0 Å². The van der Waals surface area contributed by atoms with Crippen LogP contribution in [0.4, 0.5) is 13.2 Å². The van der Waals surface area contributed by atoms with Gasteiger partial charge < -0.3 is 9.47 Å². The summed E-state index contributed by atoms with van der Waals surface area (Å²) < 4.78 is 75.0. The van der Waals surface area contributed by atoms with Crippen molar-refractivity contribution < 1.29 is 31.1 Å². The Morgan fingerprint density at radius 1 is 1.00 bits per heavy atom. The first-order chi connectivity index (χ1) is 15.2. The van der Waals surface area contributed by atoms with Crippen LogP contribution in [0.25, 0.3) is 11.1 Å². The van der Waals surface area contributed by atoms with E-state index in [0.717, 1.165) is 12.1 Å². The minimum Gasteiger partial charge on any atom is -0.492 e. The molecule has 0 amide bonds. The van der Waals surface area contributed by atoms with Gasteiger partial charge in [0.05, 0.1) is 13.2 Å². The molecule has 0 unspecified atom stereocenters. The molecule has 3 rings (SSSR count). The largest absolute Gasteiger partial charge is 0.573 e. The molecule has 0 saturated heterocycles. The van der Waals surface area contributed by atoms with Crippen LogP contribution in [0, 0.1) is 0 Å². The molecule has 32 heavy (non-hydrogen) atoms. The molecule has 1 heterocycles. The standard InChI is InChI=1S/C21H20F3N3O4S/c1-2-12-30-18-9-6-16(15-4-7-17(8-5-15)31-21(22,23)24)13-19(18)32(28,29)27-14-20-25-10-3-11-26-20/h3-11,13,27H,2,12,14H2,1H3. The average Bonchev–Trinajstić information content (AvgIpc) is 2.76. The van der Waals surface area contributed by atoms with E-state index in [-0.39, 0.29) is 22.9 Å². The summed E-state index contributed by atoms with van der Waals surface area (Å²) in [5, 5.41) is 0. The summed E-state index contributed by atoms with van der Waals surface area (Å²) in [6.45, 7) is 2.08. The predicted octanol–water partition coefficient (Wildman–Crippen LogP) is 4.31. The van der Waals surface area contributed by atoms with Gasteiger partial charge in [-0.2, -0.15) is 0 Å². The second kappa shape index (κ2) is 9.96. The van der Waals surface area contributed by atoms with Crippen LogP contribution in [0.5, 0.6) is 11.5 Å². The molecular formula is C21H20F3N3O4S. The number of aromatic nitrogens is 2. The van der Waals surface area contributed by atoms with Crippen LogP contribution in [-0.2, 0) is 16.6 Å². The third kappa shape index (κ3) is 6.41. The molecule has 1 aromatic heterocycles. The molecule has 1 N–H and O–H groups in total. The van der Waals surface area contributed by atoms with Gasteiger partial charge >= 0.3 is 6.36 Å². The Morgan fingerprint density at radius 3 is 2.28 bits per heavy atom. The number of halogens is 3. The van der Waals surface area contributed by atoms with Crippen molar-refractivity contribution >= 4 is 10.0 Å². The van der Waals surface area contributed by atoms with E-state index < -0.39 is 16.4 Å². The molecule has 3 aromatic rings. The van der Waals surface area contributed by atoms with E-state index in [0.29, 0.717) is 30.0 Å². The second-order valence-electron chi connectivity index (χ2n) is 6.57. The lowest BCUT2D eigenvalue weighted by Crippen LogP contribution is -2.25. The van der Waals surface area contributed by atoms with Gasteiger partial charge in [-0.3, -0.25) is 0 Å². The highest BCUT2D eigenvalue weighted by Crippen LogP contribution is 2.32. The Morgan fingerprint density at radius 2 is 1.66 bits per heavy atom. The summed E-state index contributed by atoms with van der Waals surface area (Å²) in [6, 6.07) is 11.3. The van der Waals surface area contributed by atoms with E-state index in [2.05, 4.69) is 19.4 Å². The van der Waals surface area contributed by atoms with Crippen LogP contribution in [0.3, 0.4) is 0 Å². The highest BCUT2D eigenvalue weighted by molar-refractivity contribution is 7.89.